The summed E-state index contributed by atoms with van der Waals surface area (Å²) >= 11 is 1.23. The zero-order valence-corrected chi connectivity index (χ0v) is 12.8. The summed E-state index contributed by atoms with van der Waals surface area (Å²) in [6.45, 7) is 2.06. The Balaban J connectivity index is 2.23. The number of nitrogens with zero attached hydrogens (tertiary/aromatic N) is 3. The average molecular weight is 310 g/mol. The molecular weight excluding hydrogens is 294 g/mol. The van der Waals surface area contributed by atoms with Crippen LogP contribution in [0.1, 0.15) is 6.92 Å². The lowest BCUT2D eigenvalue weighted by molar-refractivity contribution is -0.407. The molecule has 8 heteroatoms. The van der Waals surface area contributed by atoms with Crippen LogP contribution in [-0.2, 0) is 14.3 Å². The molecule has 3 amide bonds. The summed E-state index contributed by atoms with van der Waals surface area (Å²) < 4.78 is 6.22. The van der Waals surface area contributed by atoms with Gasteiger partial charge in [0.15, 0.2) is 5.92 Å². The number of aliphatic imine (C=N–C) groups is 1. The predicted molar refractivity (Wildman–Crippen MR) is 78.5 cm³/mol. The number of dihydropyridines is 1. The summed E-state index contributed by atoms with van der Waals surface area (Å²) in [7, 11) is 3.01. The van der Waals surface area contributed by atoms with Crippen molar-refractivity contribution < 1.29 is 23.7 Å². The molecule has 0 aromatic carbocycles. The maximum absolute atomic E-state index is 12.3. The fraction of sp³-hybridized carbons (Fsp3) is 0.462. The summed E-state index contributed by atoms with van der Waals surface area (Å²) in [4.78, 5) is 41.5. The number of hydrogen-bond acceptors (Lipinski definition) is 6. The molecular formula is C13H16N3O4S+. The number of urea groups is 1. The third-order valence-electron chi connectivity index (χ3n) is 3.15. The van der Waals surface area contributed by atoms with Crippen molar-refractivity contribution in [1.82, 2.24) is 4.90 Å². The van der Waals surface area contributed by atoms with E-state index in [0.29, 0.717) is 17.3 Å². The summed E-state index contributed by atoms with van der Waals surface area (Å²) in [6, 6.07) is -0.417. The maximum atomic E-state index is 12.3. The first kappa shape index (κ1) is 15.4. The van der Waals surface area contributed by atoms with Gasteiger partial charge in [0.1, 0.15) is 6.21 Å². The van der Waals surface area contributed by atoms with Crippen LogP contribution in [-0.4, -0.2) is 65.9 Å². The van der Waals surface area contributed by atoms with Gasteiger partial charge in [-0.15, -0.1) is 16.8 Å². The smallest absolute Gasteiger partial charge is 0.445 e. The van der Waals surface area contributed by atoms with E-state index >= 15 is 0 Å². The molecule has 2 aliphatic rings. The van der Waals surface area contributed by atoms with Crippen LogP contribution in [0, 0.1) is 5.92 Å². The molecule has 1 atom stereocenters. The van der Waals surface area contributed by atoms with Gasteiger partial charge in [0.05, 0.1) is 26.5 Å². The molecule has 0 aromatic heterocycles. The number of carbonyl (C=O) groups is 3. The van der Waals surface area contributed by atoms with Crippen LogP contribution in [0.2, 0.25) is 0 Å². The number of rotatable bonds is 4. The van der Waals surface area contributed by atoms with Crippen molar-refractivity contribution >= 4 is 41.7 Å². The minimum Gasteiger partial charge on any atom is -0.465 e. The SMILES string of the molecule is CCOC(=O)CSC1=CC=NC2=[N+](C)C(=O)N(C)C(=O)C12. The highest BCUT2D eigenvalue weighted by Crippen LogP contribution is 2.31. The molecule has 112 valence electrons. The monoisotopic (exact) mass is 310 g/mol. The highest BCUT2D eigenvalue weighted by atomic mass is 32.2. The Morgan fingerprint density at radius 2 is 2.24 bits per heavy atom. The molecule has 21 heavy (non-hydrogen) atoms. The largest absolute Gasteiger partial charge is 0.465 e. The van der Waals surface area contributed by atoms with Crippen molar-refractivity contribution in [3.63, 3.8) is 0 Å². The number of allylic oxidation sites excluding steroid dienone is 1. The summed E-state index contributed by atoms with van der Waals surface area (Å²) in [6.07, 6.45) is 3.22. The quantitative estimate of drug-likeness (QED) is 0.558. The van der Waals surface area contributed by atoms with Crippen LogP contribution >= 0.6 is 11.8 Å². The standard InChI is InChI=1S/C13H16N3O4S/c1-4-20-9(17)7-21-8-5-6-14-11-10(8)12(18)16(3)13(19)15(11)2/h5-6,10H,4,7H2,1-3H3/q+1. The molecule has 0 spiro atoms. The number of amides is 3. The lowest BCUT2D eigenvalue weighted by Crippen LogP contribution is -2.52. The number of thioether (sulfide) groups is 1. The maximum Gasteiger partial charge on any atom is 0.445 e. The Morgan fingerprint density at radius 3 is 2.90 bits per heavy atom. The van der Waals surface area contributed by atoms with Crippen LogP contribution in [0.3, 0.4) is 0 Å². The zero-order chi connectivity index (χ0) is 15.6. The van der Waals surface area contributed by atoms with Gasteiger partial charge in [0, 0.05) is 4.91 Å². The molecule has 0 radical (unpaired) electrons. The Bertz CT molecular complexity index is 594. The molecule has 0 saturated carbocycles. The lowest BCUT2D eigenvalue weighted by atomic mass is 10.0. The van der Waals surface area contributed by atoms with E-state index in [1.807, 2.05) is 0 Å². The zero-order valence-electron chi connectivity index (χ0n) is 12.0. The molecule has 0 bridgehead atoms. The van der Waals surface area contributed by atoms with Crippen LogP contribution < -0.4 is 0 Å². The molecule has 7 nitrogen and oxygen atoms in total. The summed E-state index contributed by atoms with van der Waals surface area (Å²) in [5, 5.41) is 0. The number of carbonyl (C=O) groups excluding carboxylic acids is 3. The van der Waals surface area contributed by atoms with Crippen LogP contribution in [0.15, 0.2) is 16.0 Å². The van der Waals surface area contributed by atoms with Gasteiger partial charge in [-0.1, -0.05) is 0 Å². The van der Waals surface area contributed by atoms with Gasteiger partial charge in [0.2, 0.25) is 0 Å². The molecule has 2 rings (SSSR count). The number of fused-ring (bicyclic) bond motifs is 1. The summed E-state index contributed by atoms with van der Waals surface area (Å²) in [5.74, 6) is -0.813. The number of imide groups is 1. The molecule has 1 unspecified atom stereocenters. The fourth-order valence-corrected chi connectivity index (χ4v) is 2.98. The molecule has 2 aliphatic heterocycles. The van der Waals surface area contributed by atoms with Crippen molar-refractivity contribution in [3.05, 3.63) is 11.0 Å². The average Bonchev–Trinajstić information content (AvgIpc) is 2.48. The number of amidine groups is 1. The molecule has 0 N–H and O–H groups in total. The van der Waals surface area contributed by atoms with Gasteiger partial charge in [-0.3, -0.25) is 9.59 Å². The molecule has 0 fully saturated rings. The van der Waals surface area contributed by atoms with E-state index in [1.54, 1.807) is 20.0 Å². The number of hydrogen-bond donors (Lipinski definition) is 0. The molecule has 0 aliphatic carbocycles. The lowest BCUT2D eigenvalue weighted by Gasteiger charge is -2.26. The highest BCUT2D eigenvalue weighted by molar-refractivity contribution is 8.03. The van der Waals surface area contributed by atoms with Crippen molar-refractivity contribution in [3.8, 4) is 0 Å². The van der Waals surface area contributed by atoms with Crippen molar-refractivity contribution in [2.75, 3.05) is 26.5 Å². The topological polar surface area (TPSA) is 79.0 Å². The Kier molecular flexibility index (Phi) is 4.56. The van der Waals surface area contributed by atoms with Gasteiger partial charge in [-0.2, -0.15) is 9.48 Å². The molecule has 2 heterocycles. The van der Waals surface area contributed by atoms with Crippen LogP contribution in [0.4, 0.5) is 4.79 Å². The van der Waals surface area contributed by atoms with Gasteiger partial charge in [-0.05, 0) is 13.0 Å². The number of esters is 1. The van der Waals surface area contributed by atoms with Crippen LogP contribution in [0.5, 0.6) is 0 Å². The second-order valence-electron chi connectivity index (χ2n) is 4.47. The normalized spacial score (nSPS) is 21.4. The Hall–Kier alpha value is -1.96. The van der Waals surface area contributed by atoms with Gasteiger partial charge in [-0.25, -0.2) is 4.79 Å². The number of ether oxygens (including phenoxy) is 1. The van der Waals surface area contributed by atoms with E-state index in [0.717, 1.165) is 4.90 Å². The first-order valence-electron chi connectivity index (χ1n) is 6.42. The Morgan fingerprint density at radius 1 is 1.52 bits per heavy atom. The second kappa shape index (κ2) is 6.21. The first-order chi connectivity index (χ1) is 9.97. The molecule has 0 saturated heterocycles. The van der Waals surface area contributed by atoms with Gasteiger partial charge >= 0.3 is 17.9 Å². The van der Waals surface area contributed by atoms with Gasteiger partial charge in [0.25, 0.3) is 5.84 Å². The van der Waals surface area contributed by atoms with Gasteiger partial charge < -0.3 is 4.74 Å². The van der Waals surface area contributed by atoms with E-state index in [4.69, 9.17) is 4.74 Å². The summed E-state index contributed by atoms with van der Waals surface area (Å²) in [5.41, 5.74) is 0. The first-order valence-corrected chi connectivity index (χ1v) is 7.40. The van der Waals surface area contributed by atoms with Crippen LogP contribution in [0.25, 0.3) is 0 Å². The van der Waals surface area contributed by atoms with E-state index in [2.05, 4.69) is 4.99 Å². The van der Waals surface area contributed by atoms with E-state index in [9.17, 15) is 14.4 Å². The fourth-order valence-electron chi connectivity index (χ4n) is 2.08. The second-order valence-corrected chi connectivity index (χ2v) is 5.52. The van der Waals surface area contributed by atoms with E-state index in [1.165, 1.54) is 29.6 Å². The third-order valence-corrected chi connectivity index (χ3v) is 4.23. The van der Waals surface area contributed by atoms with E-state index in [-0.39, 0.29) is 17.6 Å². The molecule has 0 aromatic rings. The van der Waals surface area contributed by atoms with Crippen molar-refractivity contribution in [2.24, 2.45) is 10.9 Å². The minimum atomic E-state index is -0.637. The van der Waals surface area contributed by atoms with Crippen molar-refractivity contribution in [1.29, 1.82) is 0 Å². The minimum absolute atomic E-state index is 0.117. The highest BCUT2D eigenvalue weighted by Gasteiger charge is 2.47. The Labute approximate surface area is 126 Å². The predicted octanol–water partition coefficient (Wildman–Crippen LogP) is 0.500. The van der Waals surface area contributed by atoms with E-state index < -0.39 is 11.9 Å². The third kappa shape index (κ3) is 2.90. The van der Waals surface area contributed by atoms with Crippen molar-refractivity contribution in [2.45, 2.75) is 6.92 Å².